The summed E-state index contributed by atoms with van der Waals surface area (Å²) < 4.78 is 8.31. The van der Waals surface area contributed by atoms with Gasteiger partial charge in [0.15, 0.2) is 0 Å². The molecule has 1 N–H and O–H groups in total. The van der Waals surface area contributed by atoms with Crippen LogP contribution in [0.3, 0.4) is 0 Å². The number of hydrogen-bond donors (Lipinski definition) is 1. The molecule has 3 heterocycles. The number of likely N-dealkylation sites (tertiary alicyclic amines) is 1. The molecule has 2 aromatic rings. The number of fused-ring (bicyclic) bond motifs is 1. The minimum Gasteiger partial charge on any atom is -0.372 e. The van der Waals surface area contributed by atoms with Gasteiger partial charge in [-0.15, -0.1) is 0 Å². The highest BCUT2D eigenvalue weighted by molar-refractivity contribution is 5.99. The normalized spacial score (nSPS) is 23.1. The van der Waals surface area contributed by atoms with Crippen molar-refractivity contribution >= 4 is 11.7 Å². The summed E-state index contributed by atoms with van der Waals surface area (Å²) in [5, 5.41) is 8.36. The van der Waals surface area contributed by atoms with Crippen molar-refractivity contribution in [2.75, 3.05) is 18.5 Å². The van der Waals surface area contributed by atoms with E-state index in [-0.39, 0.29) is 29.1 Å². The van der Waals surface area contributed by atoms with Crippen LogP contribution < -0.4 is 5.32 Å². The summed E-state index contributed by atoms with van der Waals surface area (Å²) in [5.41, 5.74) is 2.64. The molecule has 1 saturated heterocycles. The third-order valence-corrected chi connectivity index (χ3v) is 8.04. The van der Waals surface area contributed by atoms with Crippen LogP contribution in [0.15, 0.2) is 60.3 Å². The average molecular weight is 491 g/mol. The second-order valence-electron chi connectivity index (χ2n) is 11.0. The number of benzene rings is 1. The minimum absolute atomic E-state index is 0.0238. The first-order valence-electron chi connectivity index (χ1n) is 13.4. The van der Waals surface area contributed by atoms with Crippen LogP contribution in [-0.4, -0.2) is 45.4 Å². The van der Waals surface area contributed by atoms with E-state index in [9.17, 15) is 4.79 Å². The zero-order valence-corrected chi connectivity index (χ0v) is 22.8. The summed E-state index contributed by atoms with van der Waals surface area (Å²) >= 11 is 0. The van der Waals surface area contributed by atoms with Crippen molar-refractivity contribution in [2.24, 2.45) is 0 Å². The van der Waals surface area contributed by atoms with Gasteiger partial charge in [-0.05, 0) is 64.5 Å². The van der Waals surface area contributed by atoms with E-state index in [0.717, 1.165) is 31.5 Å². The number of rotatable bonds is 8. The van der Waals surface area contributed by atoms with Gasteiger partial charge in [0.1, 0.15) is 11.4 Å². The molecule has 1 fully saturated rings. The van der Waals surface area contributed by atoms with Gasteiger partial charge in [0, 0.05) is 12.1 Å². The Labute approximate surface area is 216 Å². The molecule has 0 unspecified atom stereocenters. The van der Waals surface area contributed by atoms with Crippen molar-refractivity contribution < 1.29 is 9.53 Å². The molecule has 194 valence electrons. The predicted octanol–water partition coefficient (Wildman–Crippen LogP) is 6.49. The van der Waals surface area contributed by atoms with Crippen LogP contribution in [0, 0.1) is 0 Å². The molecule has 0 aliphatic carbocycles. The third-order valence-electron chi connectivity index (χ3n) is 8.04. The van der Waals surface area contributed by atoms with E-state index in [1.165, 1.54) is 11.1 Å². The molecule has 0 spiro atoms. The quantitative estimate of drug-likeness (QED) is 0.430. The summed E-state index contributed by atoms with van der Waals surface area (Å²) in [6.07, 6.45) is 11.5. The predicted molar refractivity (Wildman–Crippen MR) is 146 cm³/mol. The fourth-order valence-electron chi connectivity index (χ4n) is 5.82. The number of carbonyl (C=O) groups is 1. The Morgan fingerprint density at radius 2 is 1.92 bits per heavy atom. The maximum atomic E-state index is 14.1. The molecule has 0 radical (unpaired) electrons. The van der Waals surface area contributed by atoms with E-state index in [1.54, 1.807) is 6.20 Å². The number of nitrogens with zero attached hydrogens (tertiary/aromatic N) is 3. The van der Waals surface area contributed by atoms with Gasteiger partial charge in [0.25, 0.3) is 5.91 Å². The third kappa shape index (κ3) is 5.01. The molecule has 2 atom stereocenters. The molecule has 6 nitrogen and oxygen atoms in total. The average Bonchev–Trinajstić information content (AvgIpc) is 3.49. The summed E-state index contributed by atoms with van der Waals surface area (Å²) in [7, 11) is 0. The van der Waals surface area contributed by atoms with Gasteiger partial charge in [0.05, 0.1) is 30.5 Å². The summed E-state index contributed by atoms with van der Waals surface area (Å²) in [5.74, 6) is 0.866. The van der Waals surface area contributed by atoms with Gasteiger partial charge < -0.3 is 15.0 Å². The molecular weight excluding hydrogens is 448 g/mol. The standard InChI is InChI=1S/C30H42N4O2/c1-7-10-14-22(4)21-36-24-17-30(8-2,9-3)33(20-24)28(35)25-19-31-34-27(25)32-26(18-29(34,5)6)23-15-12-11-13-16-23/h7,10-16,19,24,26,32H,8-9,17-18,20-21H2,1-6H3/b10-7-,22-14+/t24-,26-/m1/s1. The second kappa shape index (κ2) is 10.6. The first-order chi connectivity index (χ1) is 17.2. The SMILES string of the molecule is C/C=C\C=C(/C)CO[C@H]1CN(C(=O)c2cnn3c2N[C@@H](c2ccccc2)CC3(C)C)C(CC)(CC)C1. The molecule has 0 saturated carbocycles. The Balaban J connectivity index is 1.60. The Morgan fingerprint density at radius 3 is 2.58 bits per heavy atom. The fourth-order valence-corrected chi connectivity index (χ4v) is 5.82. The lowest BCUT2D eigenvalue weighted by molar-refractivity contribution is 0.0549. The Morgan fingerprint density at radius 1 is 1.19 bits per heavy atom. The smallest absolute Gasteiger partial charge is 0.259 e. The molecule has 4 rings (SSSR count). The van der Waals surface area contributed by atoms with Crippen molar-refractivity contribution in [1.82, 2.24) is 14.7 Å². The lowest BCUT2D eigenvalue weighted by Crippen LogP contribution is -2.47. The molecular formula is C30H42N4O2. The maximum Gasteiger partial charge on any atom is 0.259 e. The summed E-state index contributed by atoms with van der Waals surface area (Å²) in [4.78, 5) is 16.2. The molecule has 1 amide bonds. The second-order valence-corrected chi connectivity index (χ2v) is 11.0. The van der Waals surface area contributed by atoms with E-state index in [1.807, 2.05) is 29.8 Å². The number of ether oxygens (including phenoxy) is 1. The lowest BCUT2D eigenvalue weighted by Gasteiger charge is -2.39. The number of amides is 1. The number of allylic oxidation sites excluding steroid dienone is 3. The van der Waals surface area contributed by atoms with Gasteiger partial charge in [-0.1, -0.05) is 62.4 Å². The van der Waals surface area contributed by atoms with Gasteiger partial charge in [0.2, 0.25) is 0 Å². The first-order valence-corrected chi connectivity index (χ1v) is 13.4. The highest BCUT2D eigenvalue weighted by Crippen LogP contribution is 2.42. The Bertz CT molecular complexity index is 1110. The van der Waals surface area contributed by atoms with Crippen LogP contribution in [0.1, 0.15) is 89.2 Å². The van der Waals surface area contributed by atoms with Gasteiger partial charge in [-0.3, -0.25) is 4.79 Å². The van der Waals surface area contributed by atoms with Crippen molar-refractivity contribution in [1.29, 1.82) is 0 Å². The highest BCUT2D eigenvalue weighted by Gasteiger charge is 2.47. The van der Waals surface area contributed by atoms with E-state index in [0.29, 0.717) is 18.7 Å². The first kappa shape index (κ1) is 26.2. The molecule has 6 heteroatoms. The van der Waals surface area contributed by atoms with Crippen LogP contribution in [0.4, 0.5) is 5.82 Å². The van der Waals surface area contributed by atoms with Crippen molar-refractivity contribution in [3.05, 3.63) is 71.5 Å². The molecule has 2 aliphatic heterocycles. The summed E-state index contributed by atoms with van der Waals surface area (Å²) in [6.45, 7) is 14.0. The van der Waals surface area contributed by atoms with Crippen LogP contribution in [0.25, 0.3) is 0 Å². The molecule has 36 heavy (non-hydrogen) atoms. The number of carbonyl (C=O) groups excluding carboxylic acids is 1. The van der Waals surface area contributed by atoms with Crippen molar-refractivity contribution in [3.8, 4) is 0 Å². The van der Waals surface area contributed by atoms with Crippen molar-refractivity contribution in [3.63, 3.8) is 0 Å². The monoisotopic (exact) mass is 490 g/mol. The highest BCUT2D eigenvalue weighted by atomic mass is 16.5. The summed E-state index contributed by atoms with van der Waals surface area (Å²) in [6, 6.07) is 10.6. The van der Waals surface area contributed by atoms with Crippen LogP contribution in [0.2, 0.25) is 0 Å². The molecule has 2 aliphatic rings. The van der Waals surface area contributed by atoms with Gasteiger partial charge >= 0.3 is 0 Å². The fraction of sp³-hybridized carbons (Fsp3) is 0.533. The Kier molecular flexibility index (Phi) is 7.74. The zero-order chi connectivity index (χ0) is 25.9. The Hall–Kier alpha value is -2.86. The van der Waals surface area contributed by atoms with E-state index in [4.69, 9.17) is 9.84 Å². The van der Waals surface area contributed by atoms with Crippen LogP contribution in [0.5, 0.6) is 0 Å². The van der Waals surface area contributed by atoms with Crippen LogP contribution in [-0.2, 0) is 10.3 Å². The molecule has 1 aromatic carbocycles. The van der Waals surface area contributed by atoms with E-state index in [2.05, 4.69) is 75.2 Å². The number of nitrogens with one attached hydrogen (secondary N) is 1. The number of hydrogen-bond acceptors (Lipinski definition) is 4. The van der Waals surface area contributed by atoms with Crippen LogP contribution >= 0.6 is 0 Å². The topological polar surface area (TPSA) is 59.4 Å². The lowest BCUT2D eigenvalue weighted by atomic mass is 9.88. The van der Waals surface area contributed by atoms with Crippen molar-refractivity contribution in [2.45, 2.75) is 90.4 Å². The maximum absolute atomic E-state index is 14.1. The van der Waals surface area contributed by atoms with Gasteiger partial charge in [-0.25, -0.2) is 4.68 Å². The van der Waals surface area contributed by atoms with Gasteiger partial charge in [-0.2, -0.15) is 5.10 Å². The number of anilines is 1. The van der Waals surface area contributed by atoms with E-state index < -0.39 is 0 Å². The largest absolute Gasteiger partial charge is 0.372 e. The molecule has 0 bridgehead atoms. The van der Waals surface area contributed by atoms with E-state index >= 15 is 0 Å². The zero-order valence-electron chi connectivity index (χ0n) is 22.8. The molecule has 1 aromatic heterocycles. The number of aromatic nitrogens is 2. The minimum atomic E-state index is -0.209.